The minimum absolute atomic E-state index is 0.0134. The van der Waals surface area contributed by atoms with Gasteiger partial charge in [0, 0.05) is 19.8 Å². The largest absolute Gasteiger partial charge is 0.385 e. The number of ether oxygens (including phenoxy) is 1. The number of carbonyl (C=O) groups is 1. The Morgan fingerprint density at radius 1 is 1.47 bits per heavy atom. The van der Waals surface area contributed by atoms with Crippen LogP contribution in [0.2, 0.25) is 0 Å². The van der Waals surface area contributed by atoms with Crippen molar-refractivity contribution >= 4 is 5.91 Å². The minimum Gasteiger partial charge on any atom is -0.385 e. The number of rotatable bonds is 5. The van der Waals surface area contributed by atoms with Gasteiger partial charge in [0.25, 0.3) is 0 Å². The zero-order valence-electron chi connectivity index (χ0n) is 11.8. The van der Waals surface area contributed by atoms with Crippen molar-refractivity contribution in [3.05, 3.63) is 35.4 Å². The van der Waals surface area contributed by atoms with Crippen LogP contribution in [0.1, 0.15) is 30.6 Å². The fourth-order valence-corrected chi connectivity index (χ4v) is 2.60. The second-order valence-electron chi connectivity index (χ2n) is 5.07. The summed E-state index contributed by atoms with van der Waals surface area (Å²) >= 11 is 0. The normalized spacial score (nSPS) is 20.9. The third-order valence-electron chi connectivity index (χ3n) is 3.71. The first-order valence-corrected chi connectivity index (χ1v) is 6.74. The van der Waals surface area contributed by atoms with Gasteiger partial charge in [-0.2, -0.15) is 0 Å². The molecule has 4 nitrogen and oxygen atoms in total. The van der Waals surface area contributed by atoms with Crippen LogP contribution in [-0.4, -0.2) is 37.1 Å². The molecule has 1 N–H and O–H groups in total. The molecule has 2 rings (SSSR count). The van der Waals surface area contributed by atoms with Crippen molar-refractivity contribution in [3.63, 3.8) is 0 Å². The van der Waals surface area contributed by atoms with Crippen LogP contribution in [0.15, 0.2) is 24.3 Å². The van der Waals surface area contributed by atoms with Crippen molar-refractivity contribution in [1.82, 2.24) is 10.2 Å². The van der Waals surface area contributed by atoms with Crippen LogP contribution in [0.4, 0.5) is 0 Å². The molecule has 1 aromatic carbocycles. The molecule has 0 aromatic heterocycles. The lowest BCUT2D eigenvalue weighted by atomic mass is 10.0. The maximum Gasteiger partial charge on any atom is 0.238 e. The van der Waals surface area contributed by atoms with Crippen LogP contribution in [-0.2, 0) is 9.53 Å². The molecule has 0 bridgehead atoms. The highest BCUT2D eigenvalue weighted by atomic mass is 16.5. The van der Waals surface area contributed by atoms with Crippen LogP contribution >= 0.6 is 0 Å². The number of nitrogens with one attached hydrogen (secondary N) is 1. The average molecular weight is 262 g/mol. The van der Waals surface area contributed by atoms with Crippen LogP contribution in [0, 0.1) is 6.92 Å². The molecular weight excluding hydrogens is 240 g/mol. The summed E-state index contributed by atoms with van der Waals surface area (Å²) in [4.78, 5) is 14.0. The van der Waals surface area contributed by atoms with E-state index in [1.54, 1.807) is 7.11 Å². The first-order chi connectivity index (χ1) is 9.15. The Balaban J connectivity index is 2.20. The number of carbonyl (C=O) groups excluding carboxylic acids is 1. The molecule has 1 saturated heterocycles. The molecule has 4 heteroatoms. The summed E-state index contributed by atoms with van der Waals surface area (Å²) in [5.41, 5.74) is 2.39. The maximum atomic E-state index is 12.1. The second kappa shape index (κ2) is 6.17. The summed E-state index contributed by atoms with van der Waals surface area (Å²) in [6.45, 7) is 5.24. The fourth-order valence-electron chi connectivity index (χ4n) is 2.60. The van der Waals surface area contributed by atoms with Gasteiger partial charge < -0.3 is 9.64 Å². The Kier molecular flexibility index (Phi) is 4.56. The number of benzene rings is 1. The zero-order chi connectivity index (χ0) is 13.8. The SMILES string of the molecule is COCCC(C)N1C(=O)CNC1c1ccccc1C. The molecule has 0 aliphatic carbocycles. The van der Waals surface area contributed by atoms with Gasteiger partial charge in [0.15, 0.2) is 0 Å². The van der Waals surface area contributed by atoms with Crippen molar-refractivity contribution < 1.29 is 9.53 Å². The number of aryl methyl sites for hydroxylation is 1. The van der Waals surface area contributed by atoms with E-state index < -0.39 is 0 Å². The molecular formula is C15H22N2O2. The number of amides is 1. The maximum absolute atomic E-state index is 12.1. The Morgan fingerprint density at radius 3 is 2.89 bits per heavy atom. The molecule has 19 heavy (non-hydrogen) atoms. The summed E-state index contributed by atoms with van der Waals surface area (Å²) in [6.07, 6.45) is 0.840. The topological polar surface area (TPSA) is 41.6 Å². The third kappa shape index (κ3) is 2.96. The van der Waals surface area contributed by atoms with E-state index in [0.717, 1.165) is 6.42 Å². The lowest BCUT2D eigenvalue weighted by Gasteiger charge is -2.31. The van der Waals surface area contributed by atoms with E-state index in [9.17, 15) is 4.79 Å². The third-order valence-corrected chi connectivity index (χ3v) is 3.71. The van der Waals surface area contributed by atoms with Gasteiger partial charge in [0.1, 0.15) is 6.17 Å². The average Bonchev–Trinajstić information content (AvgIpc) is 2.78. The molecule has 2 atom stereocenters. The molecule has 1 heterocycles. The molecule has 1 aliphatic heterocycles. The molecule has 1 amide bonds. The summed E-state index contributed by atoms with van der Waals surface area (Å²) < 4.78 is 5.11. The number of hydrogen-bond donors (Lipinski definition) is 1. The van der Waals surface area contributed by atoms with Crippen LogP contribution < -0.4 is 5.32 Å². The van der Waals surface area contributed by atoms with E-state index in [1.165, 1.54) is 11.1 Å². The number of nitrogens with zero attached hydrogens (tertiary/aromatic N) is 1. The monoisotopic (exact) mass is 262 g/mol. The number of hydrogen-bond acceptors (Lipinski definition) is 3. The van der Waals surface area contributed by atoms with Crippen LogP contribution in [0.3, 0.4) is 0 Å². The summed E-state index contributed by atoms with van der Waals surface area (Å²) in [5, 5.41) is 3.31. The predicted octanol–water partition coefficient (Wildman–Crippen LogP) is 1.85. The van der Waals surface area contributed by atoms with Gasteiger partial charge in [-0.1, -0.05) is 24.3 Å². The molecule has 0 spiro atoms. The van der Waals surface area contributed by atoms with Crippen LogP contribution in [0.5, 0.6) is 0 Å². The summed E-state index contributed by atoms with van der Waals surface area (Å²) in [6, 6.07) is 8.38. The van der Waals surface area contributed by atoms with Gasteiger partial charge in [-0.25, -0.2) is 0 Å². The van der Waals surface area contributed by atoms with Gasteiger partial charge in [0.05, 0.1) is 6.54 Å². The van der Waals surface area contributed by atoms with Gasteiger partial charge in [-0.05, 0) is 31.4 Å². The molecule has 1 aliphatic rings. The molecule has 0 saturated carbocycles. The fraction of sp³-hybridized carbons (Fsp3) is 0.533. The lowest BCUT2D eigenvalue weighted by molar-refractivity contribution is -0.130. The number of methoxy groups -OCH3 is 1. The Bertz CT molecular complexity index is 448. The van der Waals surface area contributed by atoms with Crippen molar-refractivity contribution in [2.45, 2.75) is 32.5 Å². The Hall–Kier alpha value is -1.39. The Labute approximate surface area is 114 Å². The van der Waals surface area contributed by atoms with E-state index in [-0.39, 0.29) is 18.1 Å². The minimum atomic E-state index is -0.0134. The Morgan fingerprint density at radius 2 is 2.21 bits per heavy atom. The summed E-state index contributed by atoms with van der Waals surface area (Å²) in [5.74, 6) is 0.164. The summed E-state index contributed by atoms with van der Waals surface area (Å²) in [7, 11) is 1.69. The standard InChI is InChI=1S/C15H22N2O2/c1-11-6-4-5-7-13(11)15-16-10-14(18)17(15)12(2)8-9-19-3/h4-7,12,15-16H,8-10H2,1-3H3. The van der Waals surface area contributed by atoms with E-state index in [1.807, 2.05) is 17.0 Å². The van der Waals surface area contributed by atoms with E-state index in [2.05, 4.69) is 31.3 Å². The highest BCUT2D eigenvalue weighted by Gasteiger charge is 2.35. The second-order valence-corrected chi connectivity index (χ2v) is 5.07. The smallest absolute Gasteiger partial charge is 0.238 e. The van der Waals surface area contributed by atoms with Crippen molar-refractivity contribution in [1.29, 1.82) is 0 Å². The molecule has 104 valence electrons. The van der Waals surface area contributed by atoms with Crippen LogP contribution in [0.25, 0.3) is 0 Å². The van der Waals surface area contributed by atoms with Gasteiger partial charge in [-0.3, -0.25) is 10.1 Å². The first kappa shape index (κ1) is 14.0. The van der Waals surface area contributed by atoms with Gasteiger partial charge in [0.2, 0.25) is 5.91 Å². The molecule has 1 aromatic rings. The van der Waals surface area contributed by atoms with Crippen molar-refractivity contribution in [2.24, 2.45) is 0 Å². The molecule has 1 fully saturated rings. The molecule has 0 radical (unpaired) electrons. The van der Waals surface area contributed by atoms with E-state index >= 15 is 0 Å². The highest BCUT2D eigenvalue weighted by molar-refractivity contribution is 5.81. The predicted molar refractivity (Wildman–Crippen MR) is 74.7 cm³/mol. The van der Waals surface area contributed by atoms with Crippen molar-refractivity contribution in [2.75, 3.05) is 20.3 Å². The highest BCUT2D eigenvalue weighted by Crippen LogP contribution is 2.27. The van der Waals surface area contributed by atoms with E-state index in [4.69, 9.17) is 4.74 Å². The molecule has 2 unspecified atom stereocenters. The quantitative estimate of drug-likeness (QED) is 0.880. The lowest BCUT2D eigenvalue weighted by Crippen LogP contribution is -2.38. The van der Waals surface area contributed by atoms with E-state index in [0.29, 0.717) is 13.2 Å². The van der Waals surface area contributed by atoms with Gasteiger partial charge >= 0.3 is 0 Å². The van der Waals surface area contributed by atoms with Gasteiger partial charge in [-0.15, -0.1) is 0 Å². The zero-order valence-corrected chi connectivity index (χ0v) is 11.8. The first-order valence-electron chi connectivity index (χ1n) is 6.74. The van der Waals surface area contributed by atoms with Crippen molar-refractivity contribution in [3.8, 4) is 0 Å².